The third kappa shape index (κ3) is 4.09. The predicted octanol–water partition coefficient (Wildman–Crippen LogP) is 5.07. The lowest BCUT2D eigenvalue weighted by molar-refractivity contribution is -0.137. The van der Waals surface area contributed by atoms with Crippen LogP contribution in [0.5, 0.6) is 0 Å². The minimum Gasteiger partial charge on any atom is -0.419 e. The van der Waals surface area contributed by atoms with Crippen LogP contribution < -0.4 is 5.32 Å². The lowest BCUT2D eigenvalue weighted by Crippen LogP contribution is -2.16. The van der Waals surface area contributed by atoms with Crippen molar-refractivity contribution in [2.75, 3.05) is 5.32 Å². The van der Waals surface area contributed by atoms with Crippen LogP contribution in [0.25, 0.3) is 22.5 Å². The predicted molar refractivity (Wildman–Crippen MR) is 100 cm³/mol. The highest BCUT2D eigenvalue weighted by molar-refractivity contribution is 6.33. The molecule has 0 atom stereocenters. The maximum absolute atomic E-state index is 12.8. The van der Waals surface area contributed by atoms with E-state index in [2.05, 4.69) is 20.5 Å². The van der Waals surface area contributed by atoms with E-state index in [1.54, 1.807) is 0 Å². The number of nitrogens with one attached hydrogen (secondary N) is 2. The van der Waals surface area contributed by atoms with Gasteiger partial charge in [0.25, 0.3) is 5.89 Å². The second-order valence-corrected chi connectivity index (χ2v) is 6.60. The van der Waals surface area contributed by atoms with E-state index in [0.717, 1.165) is 29.1 Å². The molecule has 0 aliphatic rings. The maximum atomic E-state index is 12.8. The first-order valence-electron chi connectivity index (χ1n) is 8.37. The van der Waals surface area contributed by atoms with Crippen LogP contribution >= 0.6 is 11.6 Å². The van der Waals surface area contributed by atoms with Crippen molar-refractivity contribution >= 4 is 34.1 Å². The van der Waals surface area contributed by atoms with Gasteiger partial charge in [-0.25, -0.2) is 0 Å². The number of hydrogen-bond donors (Lipinski definition) is 2. The Balaban J connectivity index is 1.48. The summed E-state index contributed by atoms with van der Waals surface area (Å²) in [5.74, 6) is -0.432. The van der Waals surface area contributed by atoms with Gasteiger partial charge < -0.3 is 14.7 Å². The fourth-order valence-corrected chi connectivity index (χ4v) is 2.92. The van der Waals surface area contributed by atoms with Gasteiger partial charge >= 0.3 is 6.18 Å². The molecule has 0 unspecified atom stereocenters. The normalized spacial score (nSPS) is 11.7. The van der Waals surface area contributed by atoms with Crippen LogP contribution in [0.15, 0.2) is 52.9 Å². The van der Waals surface area contributed by atoms with Crippen molar-refractivity contribution in [2.45, 2.75) is 12.6 Å². The van der Waals surface area contributed by atoms with E-state index in [0.29, 0.717) is 5.69 Å². The van der Waals surface area contributed by atoms with E-state index >= 15 is 0 Å². The first kappa shape index (κ1) is 19.0. The van der Waals surface area contributed by atoms with Gasteiger partial charge in [0.05, 0.1) is 16.3 Å². The number of hydrogen-bond acceptors (Lipinski definition) is 4. The summed E-state index contributed by atoms with van der Waals surface area (Å²) in [5.41, 5.74) is 0.406. The third-order valence-electron chi connectivity index (χ3n) is 4.11. The standard InChI is InChI=1S/C19H12ClF3N4O2/c20-12-6-5-11(19(21,22)23)8-14(12)25-16(28)9-17-26-27-18(29-17)15-7-10-3-1-2-4-13(10)24-15/h1-8,24H,9H2,(H,25,28). The summed E-state index contributed by atoms with van der Waals surface area (Å²) in [6.45, 7) is 0. The van der Waals surface area contributed by atoms with Gasteiger partial charge in [-0.2, -0.15) is 13.2 Å². The van der Waals surface area contributed by atoms with E-state index in [4.69, 9.17) is 16.0 Å². The lowest BCUT2D eigenvalue weighted by atomic mass is 10.2. The first-order valence-corrected chi connectivity index (χ1v) is 8.74. The van der Waals surface area contributed by atoms with Crippen molar-refractivity contribution in [3.8, 4) is 11.6 Å². The molecule has 10 heteroatoms. The fraction of sp³-hybridized carbons (Fsp3) is 0.105. The maximum Gasteiger partial charge on any atom is 0.416 e. The topological polar surface area (TPSA) is 83.8 Å². The third-order valence-corrected chi connectivity index (χ3v) is 4.44. The van der Waals surface area contributed by atoms with Crippen molar-refractivity contribution < 1.29 is 22.4 Å². The summed E-state index contributed by atoms with van der Waals surface area (Å²) in [6, 6.07) is 12.1. The van der Waals surface area contributed by atoms with Gasteiger partial charge in [-0.3, -0.25) is 4.79 Å². The van der Waals surface area contributed by atoms with Crippen molar-refractivity contribution in [1.29, 1.82) is 0 Å². The molecular weight excluding hydrogens is 409 g/mol. The molecule has 29 heavy (non-hydrogen) atoms. The van der Waals surface area contributed by atoms with Crippen LogP contribution in [0.2, 0.25) is 5.02 Å². The molecule has 4 aromatic rings. The second kappa shape index (κ2) is 7.25. The quantitative estimate of drug-likeness (QED) is 0.482. The smallest absolute Gasteiger partial charge is 0.416 e. The summed E-state index contributed by atoms with van der Waals surface area (Å²) in [5, 5.41) is 11.0. The van der Waals surface area contributed by atoms with Gasteiger partial charge in [-0.15, -0.1) is 10.2 Å². The molecule has 0 saturated heterocycles. The van der Waals surface area contributed by atoms with Gasteiger partial charge in [0.1, 0.15) is 12.1 Å². The number of anilines is 1. The average molecular weight is 421 g/mol. The average Bonchev–Trinajstić information content (AvgIpc) is 3.29. The summed E-state index contributed by atoms with van der Waals surface area (Å²) in [6.07, 6.45) is -4.87. The van der Waals surface area contributed by atoms with Crippen LogP contribution in [-0.4, -0.2) is 21.1 Å². The van der Waals surface area contributed by atoms with Crippen LogP contribution in [0.1, 0.15) is 11.5 Å². The number of para-hydroxylation sites is 1. The fourth-order valence-electron chi connectivity index (χ4n) is 2.75. The Kier molecular flexibility index (Phi) is 4.75. The minimum absolute atomic E-state index is 0.0132. The number of rotatable bonds is 4. The Morgan fingerprint density at radius 2 is 1.93 bits per heavy atom. The molecule has 0 spiro atoms. The van der Waals surface area contributed by atoms with Crippen LogP contribution in [0, 0.1) is 0 Å². The zero-order chi connectivity index (χ0) is 20.6. The molecule has 0 bridgehead atoms. The molecule has 1 amide bonds. The monoisotopic (exact) mass is 420 g/mol. The molecule has 0 aliphatic heterocycles. The Morgan fingerprint density at radius 1 is 1.14 bits per heavy atom. The highest BCUT2D eigenvalue weighted by atomic mass is 35.5. The molecule has 0 radical (unpaired) electrons. The number of benzene rings is 2. The van der Waals surface area contributed by atoms with E-state index < -0.39 is 17.6 Å². The van der Waals surface area contributed by atoms with Gasteiger partial charge in [0.2, 0.25) is 11.8 Å². The molecule has 2 N–H and O–H groups in total. The zero-order valence-electron chi connectivity index (χ0n) is 14.5. The Hall–Kier alpha value is -3.33. The summed E-state index contributed by atoms with van der Waals surface area (Å²) in [7, 11) is 0. The highest BCUT2D eigenvalue weighted by Gasteiger charge is 2.31. The van der Waals surface area contributed by atoms with Gasteiger partial charge in [0, 0.05) is 10.9 Å². The molecule has 2 aromatic heterocycles. The van der Waals surface area contributed by atoms with Crippen LogP contribution in [0.4, 0.5) is 18.9 Å². The number of carbonyl (C=O) groups is 1. The molecule has 0 saturated carbocycles. The molecule has 6 nitrogen and oxygen atoms in total. The number of H-pyrrole nitrogens is 1. The number of halogens is 4. The van der Waals surface area contributed by atoms with E-state index in [1.807, 2.05) is 30.3 Å². The SMILES string of the molecule is O=C(Cc1nnc(-c2cc3ccccc3[nH]2)o1)Nc1cc(C(F)(F)F)ccc1Cl. The van der Waals surface area contributed by atoms with E-state index in [1.165, 1.54) is 0 Å². The molecule has 148 valence electrons. The van der Waals surface area contributed by atoms with Crippen molar-refractivity contribution in [2.24, 2.45) is 0 Å². The van der Waals surface area contributed by atoms with Crippen LogP contribution in [0.3, 0.4) is 0 Å². The molecule has 2 heterocycles. The second-order valence-electron chi connectivity index (χ2n) is 6.19. The van der Waals surface area contributed by atoms with E-state index in [-0.39, 0.29) is 28.9 Å². The van der Waals surface area contributed by atoms with Gasteiger partial charge in [-0.1, -0.05) is 29.8 Å². The minimum atomic E-state index is -4.55. The molecular formula is C19H12ClF3N4O2. The van der Waals surface area contributed by atoms with Crippen LogP contribution in [-0.2, 0) is 17.4 Å². The number of fused-ring (bicyclic) bond motifs is 1. The van der Waals surface area contributed by atoms with Gasteiger partial charge in [0.15, 0.2) is 0 Å². The number of aromatic amines is 1. The highest BCUT2D eigenvalue weighted by Crippen LogP contribution is 2.34. The van der Waals surface area contributed by atoms with E-state index in [9.17, 15) is 18.0 Å². The largest absolute Gasteiger partial charge is 0.419 e. The number of aromatic nitrogens is 3. The van der Waals surface area contributed by atoms with Gasteiger partial charge in [-0.05, 0) is 30.3 Å². The Bertz CT molecular complexity index is 1170. The molecule has 0 aliphatic carbocycles. The number of alkyl halides is 3. The first-order chi connectivity index (χ1) is 13.8. The van der Waals surface area contributed by atoms with Crippen molar-refractivity contribution in [1.82, 2.24) is 15.2 Å². The number of nitrogens with zero attached hydrogens (tertiary/aromatic N) is 2. The summed E-state index contributed by atoms with van der Waals surface area (Å²) >= 11 is 5.88. The summed E-state index contributed by atoms with van der Waals surface area (Å²) < 4.78 is 44.0. The molecule has 4 rings (SSSR count). The van der Waals surface area contributed by atoms with Crippen molar-refractivity contribution in [3.63, 3.8) is 0 Å². The lowest BCUT2D eigenvalue weighted by Gasteiger charge is -2.11. The van der Waals surface area contributed by atoms with Crippen molar-refractivity contribution in [3.05, 3.63) is 65.0 Å². The Morgan fingerprint density at radius 3 is 2.69 bits per heavy atom. The number of carbonyl (C=O) groups excluding carboxylic acids is 1. The zero-order valence-corrected chi connectivity index (χ0v) is 15.3. The Labute approximate surface area is 166 Å². The number of amides is 1. The molecule has 2 aromatic carbocycles. The molecule has 0 fully saturated rings. The summed E-state index contributed by atoms with van der Waals surface area (Å²) in [4.78, 5) is 15.3.